The average molecular weight is 492 g/mol. The first-order chi connectivity index (χ1) is 15.9. The molecule has 2 aromatic rings. The minimum absolute atomic E-state index is 0.179. The van der Waals surface area contributed by atoms with Gasteiger partial charge in [0.05, 0.1) is 29.9 Å². The van der Waals surface area contributed by atoms with Gasteiger partial charge in [0.2, 0.25) is 0 Å². The molecule has 11 nitrogen and oxygen atoms in total. The van der Waals surface area contributed by atoms with Gasteiger partial charge >= 0.3 is 11.1 Å². The van der Waals surface area contributed by atoms with E-state index >= 15 is 0 Å². The van der Waals surface area contributed by atoms with Gasteiger partial charge in [-0.15, -0.1) is 0 Å². The Kier molecular flexibility index (Phi) is 7.20. The van der Waals surface area contributed by atoms with Crippen LogP contribution in [0.2, 0.25) is 0 Å². The zero-order valence-corrected chi connectivity index (χ0v) is 19.7. The second-order valence-corrected chi connectivity index (χ2v) is 9.27. The van der Waals surface area contributed by atoms with Crippen LogP contribution in [0, 0.1) is 10.1 Å². The van der Waals surface area contributed by atoms with Crippen LogP contribution in [0.3, 0.4) is 0 Å². The van der Waals surface area contributed by atoms with Crippen molar-refractivity contribution in [1.29, 1.82) is 0 Å². The number of aromatic nitrogens is 1. The van der Waals surface area contributed by atoms with Crippen LogP contribution in [-0.4, -0.2) is 78.4 Å². The van der Waals surface area contributed by atoms with Crippen molar-refractivity contribution >= 4 is 51.3 Å². The number of piperazine rings is 1. The summed E-state index contributed by atoms with van der Waals surface area (Å²) >= 11 is 6.28. The van der Waals surface area contributed by atoms with Crippen molar-refractivity contribution in [1.82, 2.24) is 20.5 Å². The second kappa shape index (κ2) is 10.3. The van der Waals surface area contributed by atoms with E-state index < -0.39 is 6.09 Å². The summed E-state index contributed by atoms with van der Waals surface area (Å²) in [6.07, 6.45) is 1.01. The van der Waals surface area contributed by atoms with Crippen LogP contribution in [0.4, 0.5) is 21.3 Å². The third-order valence-corrected chi connectivity index (χ3v) is 6.91. The Bertz CT molecular complexity index is 1010. The highest BCUT2D eigenvalue weighted by Gasteiger charge is 2.32. The zero-order valence-electron chi connectivity index (χ0n) is 18.1. The number of anilines is 2. The Morgan fingerprint density at radius 2 is 2.09 bits per heavy atom. The maximum atomic E-state index is 12.3. The molecule has 0 saturated carbocycles. The number of carbonyl (C=O) groups is 1. The lowest BCUT2D eigenvalue weighted by Gasteiger charge is -2.35. The molecule has 0 aromatic carbocycles. The average Bonchev–Trinajstić information content (AvgIpc) is 3.45. The molecule has 2 saturated heterocycles. The fourth-order valence-corrected chi connectivity index (χ4v) is 4.71. The maximum absolute atomic E-state index is 12.3. The van der Waals surface area contributed by atoms with E-state index in [1.807, 2.05) is 18.2 Å². The number of carbonyl (C=O) groups excluding carboxylic acids is 1. The first kappa shape index (κ1) is 23.1. The number of nitro groups is 1. The van der Waals surface area contributed by atoms with Crippen molar-refractivity contribution in [3.8, 4) is 0 Å². The number of thiocarbonyl (C=S) groups is 1. The Morgan fingerprint density at radius 1 is 1.30 bits per heavy atom. The SMILES string of the molecule is CNC(=S)NCC1CN(c2ccc(N3CCN(Cc4ccc([N+](=O)[O-])s4)CC3)nc2)C(=O)O1. The molecular formula is C20H25N7O4S2. The van der Waals surface area contributed by atoms with E-state index in [-0.39, 0.29) is 16.0 Å². The van der Waals surface area contributed by atoms with Gasteiger partial charge in [-0.3, -0.25) is 19.9 Å². The molecular weight excluding hydrogens is 466 g/mol. The summed E-state index contributed by atoms with van der Waals surface area (Å²) in [6, 6.07) is 7.19. The topological polar surface area (TPSA) is 116 Å². The number of thiophene rings is 1. The van der Waals surface area contributed by atoms with Gasteiger partial charge in [0, 0.05) is 50.7 Å². The lowest BCUT2D eigenvalue weighted by atomic mass is 10.2. The molecule has 0 radical (unpaired) electrons. The summed E-state index contributed by atoms with van der Waals surface area (Å²) in [5, 5.41) is 17.4. The first-order valence-electron chi connectivity index (χ1n) is 10.5. The number of cyclic esters (lactones) is 1. The number of pyridine rings is 1. The van der Waals surface area contributed by atoms with Gasteiger partial charge in [0.15, 0.2) is 5.11 Å². The van der Waals surface area contributed by atoms with E-state index in [9.17, 15) is 14.9 Å². The number of nitrogens with one attached hydrogen (secondary N) is 2. The fraction of sp³-hybridized carbons (Fsp3) is 0.450. The van der Waals surface area contributed by atoms with Crippen molar-refractivity contribution in [2.45, 2.75) is 12.6 Å². The summed E-state index contributed by atoms with van der Waals surface area (Å²) in [6.45, 7) is 4.89. The lowest BCUT2D eigenvalue weighted by Crippen LogP contribution is -2.46. The molecule has 0 spiro atoms. The second-order valence-electron chi connectivity index (χ2n) is 7.71. The largest absolute Gasteiger partial charge is 0.442 e. The molecule has 1 amide bonds. The van der Waals surface area contributed by atoms with Gasteiger partial charge in [-0.25, -0.2) is 9.78 Å². The molecule has 33 heavy (non-hydrogen) atoms. The van der Waals surface area contributed by atoms with E-state index in [0.29, 0.717) is 30.4 Å². The molecule has 1 atom stereocenters. The monoisotopic (exact) mass is 491 g/mol. The first-order valence-corrected chi connectivity index (χ1v) is 11.8. The van der Waals surface area contributed by atoms with Gasteiger partial charge in [-0.05, 0) is 30.4 Å². The Hall–Kier alpha value is -3.03. The van der Waals surface area contributed by atoms with Gasteiger partial charge in [-0.1, -0.05) is 11.3 Å². The minimum Gasteiger partial charge on any atom is -0.442 e. The normalized spacial score (nSPS) is 18.8. The summed E-state index contributed by atoms with van der Waals surface area (Å²) in [4.78, 5) is 34.4. The number of nitrogens with zero attached hydrogens (tertiary/aromatic N) is 5. The van der Waals surface area contributed by atoms with Crippen molar-refractivity contribution in [3.63, 3.8) is 0 Å². The molecule has 176 valence electrons. The van der Waals surface area contributed by atoms with Crippen LogP contribution in [-0.2, 0) is 11.3 Å². The Morgan fingerprint density at radius 3 is 2.73 bits per heavy atom. The maximum Gasteiger partial charge on any atom is 0.414 e. The van der Waals surface area contributed by atoms with Crippen molar-refractivity contribution in [2.75, 3.05) is 56.1 Å². The van der Waals surface area contributed by atoms with E-state index in [0.717, 1.165) is 36.9 Å². The zero-order chi connectivity index (χ0) is 23.4. The highest BCUT2D eigenvalue weighted by molar-refractivity contribution is 7.80. The molecule has 2 fully saturated rings. The van der Waals surface area contributed by atoms with Gasteiger partial charge < -0.3 is 20.3 Å². The molecule has 4 rings (SSSR count). The van der Waals surface area contributed by atoms with Crippen LogP contribution in [0.15, 0.2) is 30.5 Å². The third kappa shape index (κ3) is 5.67. The Labute approximate surface area is 200 Å². The number of hydrogen-bond donors (Lipinski definition) is 2. The van der Waals surface area contributed by atoms with Gasteiger partial charge in [-0.2, -0.15) is 0 Å². The fourth-order valence-electron chi connectivity index (χ4n) is 3.76. The number of ether oxygens (including phenoxy) is 1. The number of amides is 1. The minimum atomic E-state index is -0.394. The number of hydrogen-bond acceptors (Lipinski definition) is 9. The van der Waals surface area contributed by atoms with Crippen LogP contribution >= 0.6 is 23.6 Å². The summed E-state index contributed by atoms with van der Waals surface area (Å²) in [5.41, 5.74) is 0.695. The van der Waals surface area contributed by atoms with E-state index in [1.54, 1.807) is 24.2 Å². The summed E-state index contributed by atoms with van der Waals surface area (Å²) in [7, 11) is 1.73. The van der Waals surface area contributed by atoms with E-state index in [1.165, 1.54) is 11.3 Å². The highest BCUT2D eigenvalue weighted by atomic mass is 32.1. The smallest absolute Gasteiger partial charge is 0.414 e. The van der Waals surface area contributed by atoms with Crippen LogP contribution in [0.25, 0.3) is 0 Å². The van der Waals surface area contributed by atoms with Gasteiger partial charge in [0.25, 0.3) is 0 Å². The van der Waals surface area contributed by atoms with E-state index in [2.05, 4.69) is 25.4 Å². The van der Waals surface area contributed by atoms with Crippen molar-refractivity contribution < 1.29 is 14.5 Å². The molecule has 2 N–H and O–H groups in total. The molecule has 2 aromatic heterocycles. The van der Waals surface area contributed by atoms with Crippen molar-refractivity contribution in [3.05, 3.63) is 45.5 Å². The van der Waals surface area contributed by atoms with Crippen LogP contribution in [0.5, 0.6) is 0 Å². The molecule has 13 heteroatoms. The predicted octanol–water partition coefficient (Wildman–Crippen LogP) is 1.79. The molecule has 0 aliphatic carbocycles. The molecule has 0 bridgehead atoms. The molecule has 1 unspecified atom stereocenters. The Balaban J connectivity index is 1.28. The predicted molar refractivity (Wildman–Crippen MR) is 130 cm³/mol. The van der Waals surface area contributed by atoms with Crippen molar-refractivity contribution in [2.24, 2.45) is 0 Å². The summed E-state index contributed by atoms with van der Waals surface area (Å²) in [5.74, 6) is 0.857. The third-order valence-electron chi connectivity index (χ3n) is 5.54. The lowest BCUT2D eigenvalue weighted by molar-refractivity contribution is -0.380. The van der Waals surface area contributed by atoms with Crippen LogP contribution < -0.4 is 20.4 Å². The molecule has 2 aliphatic rings. The molecule has 4 heterocycles. The van der Waals surface area contributed by atoms with E-state index in [4.69, 9.17) is 17.0 Å². The number of rotatable bonds is 7. The highest BCUT2D eigenvalue weighted by Crippen LogP contribution is 2.26. The standard InChI is InChI=1S/C20H25N7O4S2/c1-21-19(32)23-11-15-12-26(20(28)31-15)14-2-4-17(22-10-14)25-8-6-24(7-9-25)13-16-3-5-18(33-16)27(29)30/h2-5,10,15H,6-9,11-13H2,1H3,(H2,21,23,32). The molecule has 2 aliphatic heterocycles. The summed E-state index contributed by atoms with van der Waals surface area (Å²) < 4.78 is 5.40. The van der Waals surface area contributed by atoms with Gasteiger partial charge in [0.1, 0.15) is 11.9 Å². The quantitative estimate of drug-likeness (QED) is 0.337. The van der Waals surface area contributed by atoms with Crippen LogP contribution in [0.1, 0.15) is 4.88 Å².